The van der Waals surface area contributed by atoms with Crippen LogP contribution >= 0.6 is 0 Å². The molecule has 2 rings (SSSR count). The maximum Gasteiger partial charge on any atom is 0.401 e. The highest BCUT2D eigenvalue weighted by atomic mass is 19.4. The summed E-state index contributed by atoms with van der Waals surface area (Å²) in [6.07, 6.45) is -0.445. The van der Waals surface area contributed by atoms with E-state index in [0.717, 1.165) is 32.3 Å². The Labute approximate surface area is 112 Å². The van der Waals surface area contributed by atoms with E-state index >= 15 is 0 Å². The maximum atomic E-state index is 12.7. The van der Waals surface area contributed by atoms with Crippen molar-refractivity contribution in [2.45, 2.75) is 37.9 Å². The number of nitrogens with zero attached hydrogens (tertiary/aromatic N) is 1. The molecule has 19 heavy (non-hydrogen) atoms. The summed E-state index contributed by atoms with van der Waals surface area (Å²) >= 11 is 0. The van der Waals surface area contributed by atoms with Gasteiger partial charge >= 0.3 is 6.18 Å². The molecular formula is C13H23F3N2O. The van der Waals surface area contributed by atoms with Gasteiger partial charge in [-0.3, -0.25) is 4.90 Å². The Bertz CT molecular complexity index is 281. The lowest BCUT2D eigenvalue weighted by Gasteiger charge is -2.41. The summed E-state index contributed by atoms with van der Waals surface area (Å²) < 4.78 is 43.5. The number of halogens is 3. The van der Waals surface area contributed by atoms with Crippen LogP contribution in [0.4, 0.5) is 13.2 Å². The zero-order chi connectivity index (χ0) is 13.9. The van der Waals surface area contributed by atoms with Gasteiger partial charge in [-0.25, -0.2) is 0 Å². The number of ether oxygens (including phenoxy) is 1. The van der Waals surface area contributed by atoms with Crippen LogP contribution in [0, 0.1) is 5.41 Å². The molecule has 0 bridgehead atoms. The van der Waals surface area contributed by atoms with Crippen LogP contribution in [0.2, 0.25) is 0 Å². The minimum Gasteiger partial charge on any atom is -0.381 e. The van der Waals surface area contributed by atoms with Gasteiger partial charge in [0.1, 0.15) is 0 Å². The molecule has 3 nitrogen and oxygen atoms in total. The Morgan fingerprint density at radius 1 is 1.37 bits per heavy atom. The summed E-state index contributed by atoms with van der Waals surface area (Å²) in [5.41, 5.74) is -0.166. The molecule has 2 aliphatic rings. The standard InChI is InChI=1S/C13H23F3N2O/c1-17-7-12(5-2-6-19-10-12)8-18(11-3-4-11)9-13(14,15)16/h11,17H,2-10H2,1H3. The Kier molecular flexibility index (Phi) is 4.74. The highest BCUT2D eigenvalue weighted by Crippen LogP contribution is 2.36. The van der Waals surface area contributed by atoms with Gasteiger partial charge in [-0.2, -0.15) is 13.2 Å². The number of nitrogens with one attached hydrogen (secondary N) is 1. The van der Waals surface area contributed by atoms with Gasteiger partial charge in [0.2, 0.25) is 0 Å². The number of hydrogen-bond donors (Lipinski definition) is 1. The van der Waals surface area contributed by atoms with Crippen molar-refractivity contribution in [3.05, 3.63) is 0 Å². The van der Waals surface area contributed by atoms with Crippen molar-refractivity contribution in [2.24, 2.45) is 5.41 Å². The zero-order valence-corrected chi connectivity index (χ0v) is 11.4. The molecule has 0 aromatic carbocycles. The second kappa shape index (κ2) is 5.97. The van der Waals surface area contributed by atoms with Crippen molar-refractivity contribution in [1.82, 2.24) is 10.2 Å². The smallest absolute Gasteiger partial charge is 0.381 e. The number of hydrogen-bond acceptors (Lipinski definition) is 3. The second-order valence-electron chi connectivity index (χ2n) is 5.94. The normalized spacial score (nSPS) is 28.9. The summed E-state index contributed by atoms with van der Waals surface area (Å²) in [6, 6.07) is 0.122. The monoisotopic (exact) mass is 280 g/mol. The molecule has 1 unspecified atom stereocenters. The molecule has 1 aliphatic heterocycles. The van der Waals surface area contributed by atoms with Gasteiger partial charge in [0.15, 0.2) is 0 Å². The molecule has 0 aromatic rings. The van der Waals surface area contributed by atoms with Crippen molar-refractivity contribution in [3.63, 3.8) is 0 Å². The second-order valence-corrected chi connectivity index (χ2v) is 5.94. The molecular weight excluding hydrogens is 257 g/mol. The van der Waals surface area contributed by atoms with E-state index in [2.05, 4.69) is 5.32 Å². The first-order valence-corrected chi connectivity index (χ1v) is 6.97. The van der Waals surface area contributed by atoms with E-state index < -0.39 is 12.7 Å². The molecule has 0 aromatic heterocycles. The van der Waals surface area contributed by atoms with E-state index in [1.165, 1.54) is 0 Å². The van der Waals surface area contributed by atoms with Crippen LogP contribution in [0.1, 0.15) is 25.7 Å². The fourth-order valence-electron chi connectivity index (χ4n) is 3.02. The lowest BCUT2D eigenvalue weighted by Crippen LogP contribution is -2.50. The molecule has 1 heterocycles. The SMILES string of the molecule is CNCC1(CN(CC(F)(F)F)C2CC2)CCCOC1. The van der Waals surface area contributed by atoms with E-state index in [9.17, 15) is 13.2 Å². The molecule has 6 heteroatoms. The Morgan fingerprint density at radius 2 is 2.11 bits per heavy atom. The van der Waals surface area contributed by atoms with Crippen molar-refractivity contribution < 1.29 is 17.9 Å². The molecule has 1 N–H and O–H groups in total. The molecule has 0 spiro atoms. The summed E-state index contributed by atoms with van der Waals surface area (Å²) in [5, 5.41) is 3.12. The van der Waals surface area contributed by atoms with Crippen LogP contribution in [0.25, 0.3) is 0 Å². The van der Waals surface area contributed by atoms with Crippen LogP contribution in [-0.2, 0) is 4.74 Å². The third-order valence-corrected chi connectivity index (χ3v) is 3.94. The van der Waals surface area contributed by atoms with Gasteiger partial charge in [-0.1, -0.05) is 0 Å². The predicted octanol–water partition coefficient (Wildman–Crippen LogP) is 2.03. The molecule has 112 valence electrons. The van der Waals surface area contributed by atoms with Crippen molar-refractivity contribution in [3.8, 4) is 0 Å². The minimum atomic E-state index is -4.11. The predicted molar refractivity (Wildman–Crippen MR) is 67.1 cm³/mol. The fraction of sp³-hybridized carbons (Fsp3) is 1.00. The molecule has 0 radical (unpaired) electrons. The highest BCUT2D eigenvalue weighted by Gasteiger charge is 2.43. The van der Waals surface area contributed by atoms with Gasteiger partial charge < -0.3 is 10.1 Å². The zero-order valence-electron chi connectivity index (χ0n) is 11.4. The topological polar surface area (TPSA) is 24.5 Å². The van der Waals surface area contributed by atoms with Gasteiger partial charge in [-0.15, -0.1) is 0 Å². The quantitative estimate of drug-likeness (QED) is 0.805. The van der Waals surface area contributed by atoms with Crippen molar-refractivity contribution in [2.75, 3.05) is 39.9 Å². The fourth-order valence-corrected chi connectivity index (χ4v) is 3.02. The van der Waals surface area contributed by atoms with Gasteiger partial charge in [0, 0.05) is 31.2 Å². The largest absolute Gasteiger partial charge is 0.401 e. The highest BCUT2D eigenvalue weighted by molar-refractivity contribution is 4.93. The summed E-state index contributed by atoms with van der Waals surface area (Å²) in [6.45, 7) is 1.71. The van der Waals surface area contributed by atoms with Crippen LogP contribution < -0.4 is 5.32 Å². The van der Waals surface area contributed by atoms with Crippen molar-refractivity contribution in [1.29, 1.82) is 0 Å². The van der Waals surface area contributed by atoms with E-state index in [-0.39, 0.29) is 11.5 Å². The Balaban J connectivity index is 2.00. The van der Waals surface area contributed by atoms with E-state index in [4.69, 9.17) is 4.74 Å². The molecule has 2 fully saturated rings. The molecule has 0 amide bonds. The first-order chi connectivity index (χ1) is 8.94. The third-order valence-electron chi connectivity index (χ3n) is 3.94. The molecule has 1 saturated carbocycles. The Morgan fingerprint density at radius 3 is 2.58 bits per heavy atom. The molecule has 1 saturated heterocycles. The average molecular weight is 280 g/mol. The first kappa shape index (κ1) is 15.1. The van der Waals surface area contributed by atoms with E-state index in [1.54, 1.807) is 4.90 Å². The maximum absolute atomic E-state index is 12.7. The average Bonchev–Trinajstić information content (AvgIpc) is 3.11. The van der Waals surface area contributed by atoms with E-state index in [1.807, 2.05) is 7.05 Å². The molecule has 1 atom stereocenters. The summed E-state index contributed by atoms with van der Waals surface area (Å²) in [5.74, 6) is 0. The van der Waals surface area contributed by atoms with Crippen LogP contribution in [0.15, 0.2) is 0 Å². The van der Waals surface area contributed by atoms with Gasteiger partial charge in [0.25, 0.3) is 0 Å². The van der Waals surface area contributed by atoms with Crippen molar-refractivity contribution >= 4 is 0 Å². The minimum absolute atomic E-state index is 0.122. The first-order valence-electron chi connectivity index (χ1n) is 6.97. The van der Waals surface area contributed by atoms with Crippen LogP contribution in [0.3, 0.4) is 0 Å². The van der Waals surface area contributed by atoms with E-state index in [0.29, 0.717) is 19.7 Å². The van der Waals surface area contributed by atoms with Gasteiger partial charge in [-0.05, 0) is 32.7 Å². The summed E-state index contributed by atoms with van der Waals surface area (Å²) in [7, 11) is 1.85. The number of alkyl halides is 3. The third kappa shape index (κ3) is 4.61. The number of rotatable bonds is 6. The van der Waals surface area contributed by atoms with Crippen LogP contribution in [0.5, 0.6) is 0 Å². The lowest BCUT2D eigenvalue weighted by atomic mass is 9.81. The van der Waals surface area contributed by atoms with Gasteiger partial charge in [0.05, 0.1) is 13.2 Å². The summed E-state index contributed by atoms with van der Waals surface area (Å²) in [4.78, 5) is 1.62. The molecule has 1 aliphatic carbocycles. The Hall–Kier alpha value is -0.330. The van der Waals surface area contributed by atoms with Crippen LogP contribution in [-0.4, -0.2) is 57.0 Å². The lowest BCUT2D eigenvalue weighted by molar-refractivity contribution is -0.153.